The van der Waals surface area contributed by atoms with Crippen molar-refractivity contribution in [1.82, 2.24) is 0 Å². The predicted molar refractivity (Wildman–Crippen MR) is 75.7 cm³/mol. The number of rotatable bonds is 9. The Bertz CT molecular complexity index is 488. The van der Waals surface area contributed by atoms with E-state index in [0.29, 0.717) is 26.2 Å². The smallest absolute Gasteiger partial charge is 0.247 e. The molecule has 110 valence electrons. The van der Waals surface area contributed by atoms with Crippen molar-refractivity contribution in [3.8, 4) is 0 Å². The van der Waals surface area contributed by atoms with Crippen molar-refractivity contribution in [2.45, 2.75) is 10.6 Å². The predicted octanol–water partition coefficient (Wildman–Crippen LogP) is 1.34. The maximum Gasteiger partial charge on any atom is 0.247 e. The fourth-order valence-electron chi connectivity index (χ4n) is 1.19. The quantitative estimate of drug-likeness (QED) is 0.521. The van der Waals surface area contributed by atoms with Gasteiger partial charge in [0.05, 0.1) is 23.6 Å². The average Bonchev–Trinajstić information content (AvgIpc) is 2.70. The van der Waals surface area contributed by atoms with E-state index in [9.17, 15) is 8.42 Å². The van der Waals surface area contributed by atoms with E-state index in [1.165, 1.54) is 0 Å². The molecule has 6 nitrogen and oxygen atoms in total. The molecule has 0 bridgehead atoms. The van der Waals surface area contributed by atoms with Gasteiger partial charge in [0.25, 0.3) is 0 Å². The third-order valence-electron chi connectivity index (χ3n) is 2.13. The number of thiophene rings is 1. The maximum absolute atomic E-state index is 11.2. The Hall–Kier alpha value is -0.0300. The molecule has 0 radical (unpaired) electrons. The second-order valence-corrected chi connectivity index (χ2v) is 7.74. The molecule has 0 amide bonds. The largest absolute Gasteiger partial charge is 0.382 e. The van der Waals surface area contributed by atoms with E-state index >= 15 is 0 Å². The van der Waals surface area contributed by atoms with Crippen LogP contribution in [0.15, 0.2) is 14.1 Å². The third kappa shape index (κ3) is 6.30. The molecule has 0 aliphatic carbocycles. The van der Waals surface area contributed by atoms with Crippen molar-refractivity contribution in [1.29, 1.82) is 0 Å². The van der Waals surface area contributed by atoms with Gasteiger partial charge in [0.1, 0.15) is 11.0 Å². The highest BCUT2D eigenvalue weighted by Gasteiger charge is 2.14. The van der Waals surface area contributed by atoms with Gasteiger partial charge < -0.3 is 14.2 Å². The lowest BCUT2D eigenvalue weighted by Crippen LogP contribution is -2.10. The molecule has 0 atom stereocenters. The lowest BCUT2D eigenvalue weighted by atomic mass is 10.3. The van der Waals surface area contributed by atoms with Crippen LogP contribution < -0.4 is 5.14 Å². The summed E-state index contributed by atoms with van der Waals surface area (Å²) in [7, 11) is -2.04. The van der Waals surface area contributed by atoms with Crippen molar-refractivity contribution in [3.05, 3.63) is 15.4 Å². The molecule has 1 heterocycles. The molecule has 1 rings (SSSR count). The Morgan fingerprint density at radius 3 is 2.58 bits per heavy atom. The van der Waals surface area contributed by atoms with Gasteiger partial charge in [-0.2, -0.15) is 0 Å². The van der Waals surface area contributed by atoms with E-state index in [0.717, 1.165) is 20.7 Å². The molecule has 1 aromatic heterocycles. The fraction of sp³-hybridized carbons (Fsp3) is 0.600. The molecule has 0 unspecified atom stereocenters. The molecule has 0 spiro atoms. The Morgan fingerprint density at radius 1 is 1.32 bits per heavy atom. The summed E-state index contributed by atoms with van der Waals surface area (Å²) in [5.41, 5.74) is 0.853. The van der Waals surface area contributed by atoms with Gasteiger partial charge in [0.15, 0.2) is 0 Å². The summed E-state index contributed by atoms with van der Waals surface area (Å²) in [4.78, 5) is 0. The Morgan fingerprint density at radius 2 is 2.00 bits per heavy atom. The van der Waals surface area contributed by atoms with Crippen LogP contribution in [0.25, 0.3) is 0 Å². The minimum absolute atomic E-state index is 0.144. The van der Waals surface area contributed by atoms with Crippen molar-refractivity contribution in [2.24, 2.45) is 5.14 Å². The third-order valence-corrected chi connectivity index (χ3v) is 5.51. The second kappa shape index (κ2) is 8.30. The highest BCUT2D eigenvalue weighted by molar-refractivity contribution is 9.11. The van der Waals surface area contributed by atoms with Crippen molar-refractivity contribution in [3.63, 3.8) is 0 Å². The van der Waals surface area contributed by atoms with Gasteiger partial charge in [-0.05, 0) is 34.0 Å². The number of halogens is 1. The summed E-state index contributed by atoms with van der Waals surface area (Å²) in [6.07, 6.45) is 0.584. The van der Waals surface area contributed by atoms with E-state index in [1.807, 2.05) is 0 Å². The first-order valence-electron chi connectivity index (χ1n) is 5.40. The van der Waals surface area contributed by atoms with Crippen LogP contribution >= 0.6 is 27.3 Å². The number of nitrogens with two attached hydrogens (primary N) is 1. The van der Waals surface area contributed by atoms with Gasteiger partial charge >= 0.3 is 0 Å². The zero-order valence-corrected chi connectivity index (χ0v) is 13.6. The number of hydrogen-bond acceptors (Lipinski definition) is 6. The molecular weight excluding hydrogens is 358 g/mol. The Labute approximate surface area is 125 Å². The topological polar surface area (TPSA) is 87.8 Å². The standard InChI is InChI=1S/C10H16BrNO5S2/c1-15-4-5-17-7-16-3-2-8-6-9(18-10(8)11)19(12,13)14/h6H,2-5,7H2,1H3,(H2,12,13,14). The minimum atomic E-state index is -3.64. The van der Waals surface area contributed by atoms with Crippen LogP contribution in [0.3, 0.4) is 0 Å². The van der Waals surface area contributed by atoms with Gasteiger partial charge in [0, 0.05) is 7.11 Å². The molecule has 0 aliphatic heterocycles. The molecule has 19 heavy (non-hydrogen) atoms. The Balaban J connectivity index is 2.32. The van der Waals surface area contributed by atoms with Crippen LogP contribution in [0.2, 0.25) is 0 Å². The summed E-state index contributed by atoms with van der Waals surface area (Å²) >= 11 is 4.40. The molecule has 2 N–H and O–H groups in total. The van der Waals surface area contributed by atoms with E-state index in [2.05, 4.69) is 15.9 Å². The van der Waals surface area contributed by atoms with Gasteiger partial charge in [0.2, 0.25) is 10.0 Å². The molecule has 9 heteroatoms. The number of sulfonamides is 1. The molecule has 0 saturated heterocycles. The van der Waals surface area contributed by atoms with Gasteiger partial charge in [-0.15, -0.1) is 11.3 Å². The zero-order chi connectivity index (χ0) is 14.3. The van der Waals surface area contributed by atoms with Gasteiger partial charge in [-0.3, -0.25) is 0 Å². The monoisotopic (exact) mass is 373 g/mol. The molecule has 0 aliphatic rings. The lowest BCUT2D eigenvalue weighted by molar-refractivity contribution is -0.0647. The fourth-order valence-corrected chi connectivity index (χ4v) is 4.04. The normalized spacial score (nSPS) is 11.9. The summed E-state index contributed by atoms with van der Waals surface area (Å²) in [6.45, 7) is 1.63. The van der Waals surface area contributed by atoms with E-state index < -0.39 is 10.0 Å². The second-order valence-electron chi connectivity index (χ2n) is 3.59. The first-order chi connectivity index (χ1) is 8.95. The van der Waals surface area contributed by atoms with Crippen LogP contribution in [-0.2, 0) is 30.7 Å². The van der Waals surface area contributed by atoms with Gasteiger partial charge in [-0.25, -0.2) is 13.6 Å². The van der Waals surface area contributed by atoms with E-state index in [-0.39, 0.29) is 11.0 Å². The summed E-state index contributed by atoms with van der Waals surface area (Å²) in [5.74, 6) is 0. The first kappa shape index (κ1) is 17.0. The van der Waals surface area contributed by atoms with Crippen molar-refractivity contribution >= 4 is 37.3 Å². The van der Waals surface area contributed by atoms with Crippen LogP contribution in [0.1, 0.15) is 5.56 Å². The Kier molecular flexibility index (Phi) is 7.44. The summed E-state index contributed by atoms with van der Waals surface area (Å²) in [6, 6.07) is 1.55. The van der Waals surface area contributed by atoms with Crippen LogP contribution in [0, 0.1) is 0 Å². The summed E-state index contributed by atoms with van der Waals surface area (Å²) < 4.78 is 38.5. The molecular formula is C10H16BrNO5S2. The van der Waals surface area contributed by atoms with E-state index in [1.54, 1.807) is 13.2 Å². The van der Waals surface area contributed by atoms with Gasteiger partial charge in [-0.1, -0.05) is 0 Å². The number of methoxy groups -OCH3 is 1. The van der Waals surface area contributed by atoms with E-state index in [4.69, 9.17) is 19.3 Å². The number of ether oxygens (including phenoxy) is 3. The lowest BCUT2D eigenvalue weighted by Gasteiger charge is -2.04. The number of primary sulfonamides is 1. The summed E-state index contributed by atoms with van der Waals surface area (Å²) in [5, 5.41) is 5.06. The van der Waals surface area contributed by atoms with Crippen molar-refractivity contribution < 1.29 is 22.6 Å². The SMILES string of the molecule is COCCOCOCCc1cc(S(N)(=O)=O)sc1Br. The zero-order valence-electron chi connectivity index (χ0n) is 10.4. The maximum atomic E-state index is 11.2. The van der Waals surface area contributed by atoms with Crippen molar-refractivity contribution in [2.75, 3.05) is 33.7 Å². The molecule has 0 fully saturated rings. The highest BCUT2D eigenvalue weighted by atomic mass is 79.9. The first-order valence-corrected chi connectivity index (χ1v) is 8.56. The van der Waals surface area contributed by atoms with Crippen LogP contribution in [-0.4, -0.2) is 42.1 Å². The highest BCUT2D eigenvalue weighted by Crippen LogP contribution is 2.30. The molecule has 0 aromatic carbocycles. The molecule has 0 saturated carbocycles. The van der Waals surface area contributed by atoms with Crippen LogP contribution in [0.5, 0.6) is 0 Å². The molecule has 1 aromatic rings. The minimum Gasteiger partial charge on any atom is -0.382 e. The average molecular weight is 374 g/mol. The number of hydrogen-bond donors (Lipinski definition) is 1. The van der Waals surface area contributed by atoms with Crippen LogP contribution in [0.4, 0.5) is 0 Å².